The summed E-state index contributed by atoms with van der Waals surface area (Å²) in [6, 6.07) is 25.7. The fraction of sp³-hybridized carbons (Fsp3) is 0.156. The lowest BCUT2D eigenvalue weighted by Gasteiger charge is -2.49. The molecular weight excluding hydrogens is 691 g/mol. The highest BCUT2D eigenvalue weighted by molar-refractivity contribution is 8.07. The highest BCUT2D eigenvalue weighted by atomic mass is 32.2. The zero-order chi connectivity index (χ0) is 33.2. The molecule has 2 aromatic heterocycles. The number of amides is 2. The van der Waals surface area contributed by atoms with Gasteiger partial charge in [-0.2, -0.15) is 9.36 Å². The van der Waals surface area contributed by atoms with Crippen LogP contribution < -0.4 is 11.1 Å². The Balaban J connectivity index is 1.21. The smallest absolute Gasteiger partial charge is 0.356 e. The van der Waals surface area contributed by atoms with E-state index in [1.807, 2.05) is 84.9 Å². The van der Waals surface area contributed by atoms with Crippen molar-refractivity contribution in [3.63, 3.8) is 0 Å². The molecule has 12 nitrogen and oxygen atoms in total. The van der Waals surface area contributed by atoms with Crippen molar-refractivity contribution in [1.29, 1.82) is 0 Å². The number of oxime groups is 1. The lowest BCUT2D eigenvalue weighted by Crippen LogP contribution is -2.71. The molecule has 1 unspecified atom stereocenters. The Kier molecular flexibility index (Phi) is 9.12. The van der Waals surface area contributed by atoms with E-state index >= 15 is 0 Å². The van der Waals surface area contributed by atoms with E-state index in [2.05, 4.69) is 19.8 Å². The standard InChI is InChI=1S/C32H25N7O5S4/c1-43-37-22(26-36-31(33)48-38-26)27(40)35-23-28(41)39-24(21(16-45-29(23)39)47-32-34-19-14-8-9-15-20(19)46-32)30(42)44-25(17-10-4-2-5-11-17)18-12-6-3-7-13-18/h2-15,23,25,29H,16H2,1H3,(H,35,40)(H2,33,36,38)/b37-22-/t23?,29-/m0/s1. The highest BCUT2D eigenvalue weighted by Crippen LogP contribution is 2.47. The van der Waals surface area contributed by atoms with Gasteiger partial charge >= 0.3 is 5.97 Å². The van der Waals surface area contributed by atoms with Gasteiger partial charge in [0.2, 0.25) is 11.5 Å². The molecular formula is C32H25N7O5S4. The van der Waals surface area contributed by atoms with Crippen LogP contribution in [0.1, 0.15) is 23.1 Å². The third kappa shape index (κ3) is 6.26. The van der Waals surface area contributed by atoms with Gasteiger partial charge in [-0.3, -0.25) is 14.5 Å². The van der Waals surface area contributed by atoms with Crippen molar-refractivity contribution in [2.24, 2.45) is 5.16 Å². The van der Waals surface area contributed by atoms with Crippen molar-refractivity contribution in [1.82, 2.24) is 24.6 Å². The normalized spacial score (nSPS) is 17.7. The number of para-hydroxylation sites is 1. The van der Waals surface area contributed by atoms with E-state index < -0.39 is 35.3 Å². The molecule has 48 heavy (non-hydrogen) atoms. The molecule has 2 aliphatic heterocycles. The average Bonchev–Trinajstić information content (AvgIpc) is 3.74. The molecule has 16 heteroatoms. The summed E-state index contributed by atoms with van der Waals surface area (Å²) in [4.78, 5) is 57.1. The van der Waals surface area contributed by atoms with Crippen LogP contribution in [-0.2, 0) is 24.0 Å². The van der Waals surface area contributed by atoms with Crippen LogP contribution in [0.4, 0.5) is 5.13 Å². The molecule has 5 aromatic rings. The van der Waals surface area contributed by atoms with Crippen molar-refractivity contribution in [3.05, 3.63) is 112 Å². The minimum Gasteiger partial charge on any atom is -0.448 e. The zero-order valence-corrected chi connectivity index (χ0v) is 28.3. The van der Waals surface area contributed by atoms with Crippen molar-refractivity contribution >= 4 is 85.2 Å². The summed E-state index contributed by atoms with van der Waals surface area (Å²) >= 11 is 5.15. The van der Waals surface area contributed by atoms with Gasteiger partial charge in [0.05, 0.1) is 10.2 Å². The van der Waals surface area contributed by atoms with Crippen LogP contribution in [0.3, 0.4) is 0 Å². The number of thioether (sulfide) groups is 2. The Labute approximate surface area is 290 Å². The van der Waals surface area contributed by atoms with Gasteiger partial charge < -0.3 is 20.6 Å². The van der Waals surface area contributed by atoms with Crippen LogP contribution >= 0.6 is 46.4 Å². The number of nitrogens with one attached hydrogen (secondary N) is 1. The maximum absolute atomic E-state index is 14.3. The van der Waals surface area contributed by atoms with Crippen LogP contribution in [0.5, 0.6) is 0 Å². The number of benzene rings is 3. The number of fused-ring (bicyclic) bond motifs is 2. The second kappa shape index (κ2) is 13.8. The monoisotopic (exact) mass is 715 g/mol. The molecule has 0 aliphatic carbocycles. The summed E-state index contributed by atoms with van der Waals surface area (Å²) in [6.45, 7) is 0. The molecule has 2 amide bonds. The van der Waals surface area contributed by atoms with Gasteiger partial charge in [-0.25, -0.2) is 9.78 Å². The number of nitrogens with zero attached hydrogens (tertiary/aromatic N) is 5. The van der Waals surface area contributed by atoms with Gasteiger partial charge in [0.25, 0.3) is 11.8 Å². The number of β-lactam (4-membered cyclic amide) rings is 1. The third-order valence-electron chi connectivity index (χ3n) is 7.38. The average molecular weight is 716 g/mol. The number of ether oxygens (including phenoxy) is 1. The summed E-state index contributed by atoms with van der Waals surface area (Å²) in [5.74, 6) is -1.51. The van der Waals surface area contributed by atoms with Crippen LogP contribution in [0.25, 0.3) is 10.2 Å². The zero-order valence-electron chi connectivity index (χ0n) is 25.0. The molecule has 0 radical (unpaired) electrons. The van der Waals surface area contributed by atoms with E-state index in [9.17, 15) is 14.4 Å². The number of carbonyl (C=O) groups excluding carboxylic acids is 3. The predicted molar refractivity (Wildman–Crippen MR) is 186 cm³/mol. The number of nitrogen functional groups attached to an aromatic ring is 1. The second-order valence-corrected chi connectivity index (χ2v) is 14.6. The lowest BCUT2D eigenvalue weighted by molar-refractivity contribution is -0.154. The maximum atomic E-state index is 14.3. The molecule has 3 aromatic carbocycles. The molecule has 0 spiro atoms. The SMILES string of the molecule is CO/N=C(\C(=O)NC1C(=O)N2C(C(=O)OC(c3ccccc3)c3ccccc3)=C(Sc3nc4ccccc4s3)CS[C@@H]12)c1nsc(N)n1. The van der Waals surface area contributed by atoms with Crippen LogP contribution in [0.15, 0.2) is 105 Å². The topological polar surface area (TPSA) is 162 Å². The fourth-order valence-corrected chi connectivity index (χ4v) is 9.36. The summed E-state index contributed by atoms with van der Waals surface area (Å²) in [5.41, 5.74) is 8.00. The van der Waals surface area contributed by atoms with E-state index in [1.165, 1.54) is 46.9 Å². The first-order valence-electron chi connectivity index (χ1n) is 14.4. The number of nitrogens with two attached hydrogens (primary N) is 1. The third-order valence-corrected chi connectivity index (χ3v) is 11.6. The second-order valence-electron chi connectivity index (χ2n) is 10.4. The maximum Gasteiger partial charge on any atom is 0.356 e. The van der Waals surface area contributed by atoms with Crippen molar-refractivity contribution in [2.75, 3.05) is 18.6 Å². The number of thiazole rings is 1. The van der Waals surface area contributed by atoms with Gasteiger partial charge in [0, 0.05) is 22.2 Å². The Bertz CT molecular complexity index is 2000. The van der Waals surface area contributed by atoms with Crippen molar-refractivity contribution in [3.8, 4) is 0 Å². The number of esters is 1. The van der Waals surface area contributed by atoms with Gasteiger partial charge in [0.1, 0.15) is 24.2 Å². The van der Waals surface area contributed by atoms with Gasteiger partial charge in [0.15, 0.2) is 15.6 Å². The van der Waals surface area contributed by atoms with Gasteiger partial charge in [-0.1, -0.05) is 89.7 Å². The Morgan fingerprint density at radius 3 is 2.35 bits per heavy atom. The van der Waals surface area contributed by atoms with E-state index in [4.69, 9.17) is 20.3 Å². The molecule has 0 bridgehead atoms. The number of anilines is 1. The molecule has 2 atom stereocenters. The molecule has 3 N–H and O–H groups in total. The minimum absolute atomic E-state index is 0.0247. The molecule has 4 heterocycles. The molecule has 242 valence electrons. The molecule has 1 saturated heterocycles. The first-order valence-corrected chi connectivity index (χ1v) is 17.9. The van der Waals surface area contributed by atoms with E-state index in [0.29, 0.717) is 10.7 Å². The number of rotatable bonds is 10. The summed E-state index contributed by atoms with van der Waals surface area (Å²) in [7, 11) is 1.28. The summed E-state index contributed by atoms with van der Waals surface area (Å²) < 4.78 is 12.0. The van der Waals surface area contributed by atoms with E-state index in [-0.39, 0.29) is 22.4 Å². The largest absolute Gasteiger partial charge is 0.448 e. The van der Waals surface area contributed by atoms with E-state index in [0.717, 1.165) is 37.2 Å². The fourth-order valence-electron chi connectivity index (χ4n) is 5.22. The number of carbonyl (C=O) groups is 3. The number of aromatic nitrogens is 3. The predicted octanol–water partition coefficient (Wildman–Crippen LogP) is 4.82. The van der Waals surface area contributed by atoms with Crippen molar-refractivity contribution in [2.45, 2.75) is 21.9 Å². The van der Waals surface area contributed by atoms with Crippen LogP contribution in [-0.4, -0.2) is 67.0 Å². The molecule has 0 saturated carbocycles. The van der Waals surface area contributed by atoms with Crippen LogP contribution in [0, 0.1) is 0 Å². The van der Waals surface area contributed by atoms with Crippen LogP contribution in [0.2, 0.25) is 0 Å². The molecule has 1 fully saturated rings. The number of hydrogen-bond acceptors (Lipinski definition) is 14. The number of hydrogen-bond donors (Lipinski definition) is 2. The first kappa shape index (κ1) is 31.8. The summed E-state index contributed by atoms with van der Waals surface area (Å²) in [5, 5.41) is 6.04. The minimum atomic E-state index is -0.962. The highest BCUT2D eigenvalue weighted by Gasteiger charge is 2.55. The van der Waals surface area contributed by atoms with Crippen molar-refractivity contribution < 1.29 is 24.0 Å². The van der Waals surface area contributed by atoms with Gasteiger partial charge in [-0.05, 0) is 23.3 Å². The first-order chi connectivity index (χ1) is 23.4. The van der Waals surface area contributed by atoms with E-state index in [1.54, 1.807) is 0 Å². The lowest BCUT2D eigenvalue weighted by atomic mass is 10.0. The van der Waals surface area contributed by atoms with Gasteiger partial charge in [-0.15, -0.1) is 23.1 Å². The Hall–Kier alpha value is -4.77. The molecule has 2 aliphatic rings. The summed E-state index contributed by atoms with van der Waals surface area (Å²) in [6.07, 6.45) is -0.730. The molecule has 7 rings (SSSR count). The quantitative estimate of drug-likeness (QED) is 0.0883. The Morgan fingerprint density at radius 2 is 1.71 bits per heavy atom. The Morgan fingerprint density at radius 1 is 1.02 bits per heavy atom.